The van der Waals surface area contributed by atoms with Crippen LogP contribution in [0.15, 0.2) is 42.5 Å². The zero-order valence-electron chi connectivity index (χ0n) is 16.0. The van der Waals surface area contributed by atoms with E-state index < -0.39 is 0 Å². The number of aryl methyl sites for hydroxylation is 2. The highest BCUT2D eigenvalue weighted by atomic mass is 16.5. The monoisotopic (exact) mass is 356 g/mol. The zero-order valence-corrected chi connectivity index (χ0v) is 16.0. The Labute approximate surface area is 155 Å². The van der Waals surface area contributed by atoms with Crippen LogP contribution in [-0.4, -0.2) is 44.7 Å². The summed E-state index contributed by atoms with van der Waals surface area (Å²) in [5, 5.41) is 2.82. The first-order chi connectivity index (χ1) is 12.4. The minimum atomic E-state index is -0.192. The first-order valence-electron chi connectivity index (χ1n) is 8.81. The zero-order chi connectivity index (χ0) is 18.9. The van der Waals surface area contributed by atoms with E-state index >= 15 is 0 Å². The smallest absolute Gasteiger partial charge is 0.262 e. The van der Waals surface area contributed by atoms with Crippen molar-refractivity contribution in [3.8, 4) is 11.5 Å². The molecule has 2 aromatic carbocycles. The van der Waals surface area contributed by atoms with Crippen molar-refractivity contribution in [1.29, 1.82) is 0 Å². The summed E-state index contributed by atoms with van der Waals surface area (Å²) in [4.78, 5) is 14.2. The van der Waals surface area contributed by atoms with E-state index in [4.69, 9.17) is 9.47 Å². The molecule has 0 fully saturated rings. The van der Waals surface area contributed by atoms with Crippen molar-refractivity contribution in [2.24, 2.45) is 0 Å². The van der Waals surface area contributed by atoms with Gasteiger partial charge in [0.25, 0.3) is 5.91 Å². The van der Waals surface area contributed by atoms with Crippen LogP contribution in [0.1, 0.15) is 17.5 Å². The minimum absolute atomic E-state index is 0.0225. The van der Waals surface area contributed by atoms with Crippen LogP contribution < -0.4 is 14.8 Å². The summed E-state index contributed by atoms with van der Waals surface area (Å²) < 4.78 is 11.2. The number of benzene rings is 2. The summed E-state index contributed by atoms with van der Waals surface area (Å²) in [6, 6.07) is 13.2. The number of nitrogens with one attached hydrogen (secondary N) is 1. The summed E-state index contributed by atoms with van der Waals surface area (Å²) in [6.07, 6.45) is 0.974. The number of hydrogen-bond acceptors (Lipinski definition) is 4. The quantitative estimate of drug-likeness (QED) is 0.697. The molecule has 0 saturated heterocycles. The molecule has 0 aromatic heterocycles. The van der Waals surface area contributed by atoms with Gasteiger partial charge in [0.1, 0.15) is 11.5 Å². The van der Waals surface area contributed by atoms with Gasteiger partial charge in [-0.3, -0.25) is 4.79 Å². The lowest BCUT2D eigenvalue weighted by Gasteiger charge is -2.11. The molecule has 0 atom stereocenters. The van der Waals surface area contributed by atoms with Crippen LogP contribution >= 0.6 is 0 Å². The van der Waals surface area contributed by atoms with Gasteiger partial charge in [0.2, 0.25) is 0 Å². The second-order valence-corrected chi connectivity index (χ2v) is 6.61. The third-order valence-corrected chi connectivity index (χ3v) is 4.00. The number of carbonyl (C=O) groups is 1. The van der Waals surface area contributed by atoms with Crippen LogP contribution in [0.3, 0.4) is 0 Å². The van der Waals surface area contributed by atoms with Gasteiger partial charge in [-0.1, -0.05) is 6.07 Å². The Bertz CT molecular complexity index is 712. The molecule has 1 N–H and O–H groups in total. The Balaban J connectivity index is 1.75. The lowest BCUT2D eigenvalue weighted by molar-refractivity contribution is -0.118. The Morgan fingerprint density at radius 3 is 2.31 bits per heavy atom. The van der Waals surface area contributed by atoms with E-state index in [0.29, 0.717) is 12.4 Å². The number of nitrogens with zero attached hydrogens (tertiary/aromatic N) is 1. The van der Waals surface area contributed by atoms with Crippen molar-refractivity contribution in [2.45, 2.75) is 20.3 Å². The molecule has 0 spiro atoms. The van der Waals surface area contributed by atoms with Crippen LogP contribution in [0.25, 0.3) is 0 Å². The number of rotatable bonds is 9. The van der Waals surface area contributed by atoms with Gasteiger partial charge >= 0.3 is 0 Å². The van der Waals surface area contributed by atoms with Crippen LogP contribution in [0, 0.1) is 13.8 Å². The molecule has 0 aliphatic heterocycles. The molecule has 0 heterocycles. The Kier molecular flexibility index (Phi) is 7.48. The highest BCUT2D eigenvalue weighted by molar-refractivity contribution is 5.91. The maximum Gasteiger partial charge on any atom is 0.262 e. The number of amides is 1. The molecule has 5 nitrogen and oxygen atoms in total. The lowest BCUT2D eigenvalue weighted by Crippen LogP contribution is -2.20. The first kappa shape index (κ1) is 19.8. The highest BCUT2D eigenvalue weighted by Gasteiger charge is 2.05. The van der Waals surface area contributed by atoms with E-state index in [9.17, 15) is 4.79 Å². The van der Waals surface area contributed by atoms with Gasteiger partial charge in [-0.25, -0.2) is 0 Å². The number of anilines is 1. The van der Waals surface area contributed by atoms with Gasteiger partial charge < -0.3 is 19.7 Å². The SMILES string of the molecule is Cc1ccc(OCC(=O)Nc2ccc(OCCCN(C)C)cc2)cc1C. The molecule has 2 rings (SSSR count). The van der Waals surface area contributed by atoms with E-state index in [1.54, 1.807) is 0 Å². The molecule has 0 unspecified atom stereocenters. The number of carbonyl (C=O) groups excluding carboxylic acids is 1. The minimum Gasteiger partial charge on any atom is -0.494 e. The average Bonchev–Trinajstić information content (AvgIpc) is 2.61. The molecular formula is C21H28N2O3. The maximum atomic E-state index is 12.0. The van der Waals surface area contributed by atoms with Gasteiger partial charge in [-0.15, -0.1) is 0 Å². The third-order valence-electron chi connectivity index (χ3n) is 4.00. The van der Waals surface area contributed by atoms with Crippen LogP contribution in [0.4, 0.5) is 5.69 Å². The summed E-state index contributed by atoms with van der Waals surface area (Å²) >= 11 is 0. The van der Waals surface area contributed by atoms with Gasteiger partial charge in [0, 0.05) is 12.2 Å². The van der Waals surface area contributed by atoms with Crippen LogP contribution in [-0.2, 0) is 4.79 Å². The largest absolute Gasteiger partial charge is 0.494 e. The van der Waals surface area contributed by atoms with E-state index in [1.807, 2.05) is 70.4 Å². The molecular weight excluding hydrogens is 328 g/mol. The molecule has 0 saturated carbocycles. The summed E-state index contributed by atoms with van der Waals surface area (Å²) in [7, 11) is 4.09. The number of ether oxygens (including phenoxy) is 2. The fourth-order valence-electron chi connectivity index (χ4n) is 2.35. The topological polar surface area (TPSA) is 50.8 Å². The number of hydrogen-bond donors (Lipinski definition) is 1. The summed E-state index contributed by atoms with van der Waals surface area (Å²) in [5.74, 6) is 1.31. The van der Waals surface area contributed by atoms with E-state index in [1.165, 1.54) is 5.56 Å². The van der Waals surface area contributed by atoms with Crippen molar-refractivity contribution in [2.75, 3.05) is 39.2 Å². The van der Waals surface area contributed by atoms with Crippen molar-refractivity contribution in [1.82, 2.24) is 4.90 Å². The van der Waals surface area contributed by atoms with Gasteiger partial charge in [0.05, 0.1) is 6.61 Å². The van der Waals surface area contributed by atoms with Gasteiger partial charge in [0.15, 0.2) is 6.61 Å². The van der Waals surface area contributed by atoms with E-state index in [0.717, 1.165) is 30.0 Å². The fourth-order valence-corrected chi connectivity index (χ4v) is 2.35. The first-order valence-corrected chi connectivity index (χ1v) is 8.81. The third kappa shape index (κ3) is 6.76. The van der Waals surface area contributed by atoms with E-state index in [-0.39, 0.29) is 12.5 Å². The average molecular weight is 356 g/mol. The Morgan fingerprint density at radius 1 is 0.962 bits per heavy atom. The molecule has 0 bridgehead atoms. The van der Waals surface area contributed by atoms with Crippen molar-refractivity contribution in [3.63, 3.8) is 0 Å². The van der Waals surface area contributed by atoms with E-state index in [2.05, 4.69) is 10.2 Å². The van der Waals surface area contributed by atoms with Crippen molar-refractivity contribution >= 4 is 11.6 Å². The molecule has 0 aliphatic carbocycles. The molecule has 0 aliphatic rings. The normalized spacial score (nSPS) is 10.7. The van der Waals surface area contributed by atoms with Crippen molar-refractivity contribution < 1.29 is 14.3 Å². The molecule has 2 aromatic rings. The summed E-state index contributed by atoms with van der Waals surface area (Å²) in [5.41, 5.74) is 3.06. The second kappa shape index (κ2) is 9.82. The van der Waals surface area contributed by atoms with Gasteiger partial charge in [-0.2, -0.15) is 0 Å². The van der Waals surface area contributed by atoms with Crippen molar-refractivity contribution in [3.05, 3.63) is 53.6 Å². The van der Waals surface area contributed by atoms with Crippen LogP contribution in [0.2, 0.25) is 0 Å². The molecule has 26 heavy (non-hydrogen) atoms. The molecule has 5 heteroatoms. The molecule has 1 amide bonds. The Hall–Kier alpha value is -2.53. The maximum absolute atomic E-state index is 12.0. The standard InChI is InChI=1S/C21H28N2O3/c1-16-6-9-20(14-17(16)2)26-15-21(24)22-18-7-10-19(11-8-18)25-13-5-12-23(3)4/h6-11,14H,5,12-13,15H2,1-4H3,(H,22,24). The Morgan fingerprint density at radius 2 is 1.65 bits per heavy atom. The van der Waals surface area contributed by atoms with Crippen LogP contribution in [0.5, 0.6) is 11.5 Å². The molecule has 140 valence electrons. The summed E-state index contributed by atoms with van der Waals surface area (Å²) in [6.45, 7) is 5.71. The van der Waals surface area contributed by atoms with Gasteiger partial charge in [-0.05, 0) is 81.9 Å². The predicted molar refractivity (Wildman–Crippen MR) is 105 cm³/mol. The fraction of sp³-hybridized carbons (Fsp3) is 0.381. The highest BCUT2D eigenvalue weighted by Crippen LogP contribution is 2.17. The predicted octanol–water partition coefficient (Wildman–Crippen LogP) is 3.65. The second-order valence-electron chi connectivity index (χ2n) is 6.61. The lowest BCUT2D eigenvalue weighted by atomic mass is 10.1. The molecule has 0 radical (unpaired) electrons.